The number of benzene rings is 1. The maximum Gasteiger partial charge on any atom is 0.335 e. The smallest absolute Gasteiger partial charge is 0.335 e. The molecule has 0 fully saturated rings. The van der Waals surface area contributed by atoms with Crippen LogP contribution in [0.5, 0.6) is 0 Å². The first-order valence-electron chi connectivity index (χ1n) is 5.68. The molecule has 0 bridgehead atoms. The minimum Gasteiger partial charge on any atom is -0.464 e. The number of halogens is 2. The summed E-state index contributed by atoms with van der Waals surface area (Å²) >= 11 is 0. The van der Waals surface area contributed by atoms with Crippen molar-refractivity contribution in [1.82, 2.24) is 0 Å². The van der Waals surface area contributed by atoms with E-state index in [-0.39, 0.29) is 17.7 Å². The number of rotatable bonds is 4. The van der Waals surface area contributed by atoms with E-state index in [1.807, 2.05) is 0 Å². The van der Waals surface area contributed by atoms with E-state index in [0.717, 1.165) is 12.1 Å². The highest BCUT2D eigenvalue weighted by Crippen LogP contribution is 2.25. The molecule has 18 heavy (non-hydrogen) atoms. The zero-order valence-electron chi connectivity index (χ0n) is 10.5. The quantitative estimate of drug-likeness (QED) is 0.843. The SMILES string of the molecule is CCOC(=O)C(O)C(C)c1cc(F)c(C)cc1F. The van der Waals surface area contributed by atoms with E-state index in [1.165, 1.54) is 13.8 Å². The van der Waals surface area contributed by atoms with Crippen LogP contribution in [0.3, 0.4) is 0 Å². The first-order chi connectivity index (χ1) is 8.38. The summed E-state index contributed by atoms with van der Waals surface area (Å²) in [6.45, 7) is 4.60. The molecule has 0 aliphatic carbocycles. The number of hydrogen-bond donors (Lipinski definition) is 1. The lowest BCUT2D eigenvalue weighted by Gasteiger charge is -2.18. The lowest BCUT2D eigenvalue weighted by molar-refractivity contribution is -0.154. The van der Waals surface area contributed by atoms with Crippen LogP contribution in [0.25, 0.3) is 0 Å². The van der Waals surface area contributed by atoms with Gasteiger partial charge in [-0.15, -0.1) is 0 Å². The van der Waals surface area contributed by atoms with Crippen molar-refractivity contribution in [3.05, 3.63) is 34.9 Å². The summed E-state index contributed by atoms with van der Waals surface area (Å²) in [4.78, 5) is 11.3. The number of carbonyl (C=O) groups is 1. The minimum absolute atomic E-state index is 0.0429. The van der Waals surface area contributed by atoms with Gasteiger partial charge < -0.3 is 9.84 Å². The van der Waals surface area contributed by atoms with Crippen molar-refractivity contribution in [3.8, 4) is 0 Å². The second-order valence-electron chi connectivity index (χ2n) is 4.11. The van der Waals surface area contributed by atoms with E-state index in [1.54, 1.807) is 6.92 Å². The fourth-order valence-electron chi connectivity index (χ4n) is 1.61. The van der Waals surface area contributed by atoms with Crippen molar-refractivity contribution < 1.29 is 23.4 Å². The Morgan fingerprint density at radius 2 is 2.00 bits per heavy atom. The Morgan fingerprint density at radius 1 is 1.39 bits per heavy atom. The van der Waals surface area contributed by atoms with E-state index < -0.39 is 29.6 Å². The van der Waals surface area contributed by atoms with Gasteiger partial charge in [0, 0.05) is 5.92 Å². The van der Waals surface area contributed by atoms with Crippen molar-refractivity contribution in [2.45, 2.75) is 32.8 Å². The summed E-state index contributed by atoms with van der Waals surface area (Å²) in [6, 6.07) is 2.04. The zero-order chi connectivity index (χ0) is 13.9. The van der Waals surface area contributed by atoms with E-state index >= 15 is 0 Å². The Bertz CT molecular complexity index is 446. The van der Waals surface area contributed by atoms with Gasteiger partial charge in [0.1, 0.15) is 11.6 Å². The molecule has 0 spiro atoms. The monoisotopic (exact) mass is 258 g/mol. The van der Waals surface area contributed by atoms with Gasteiger partial charge in [-0.3, -0.25) is 0 Å². The molecule has 0 aliphatic heterocycles. The van der Waals surface area contributed by atoms with Crippen LogP contribution in [0, 0.1) is 18.6 Å². The molecule has 3 nitrogen and oxygen atoms in total. The van der Waals surface area contributed by atoms with E-state index in [4.69, 9.17) is 0 Å². The first-order valence-corrected chi connectivity index (χ1v) is 5.68. The Morgan fingerprint density at radius 3 is 2.56 bits per heavy atom. The molecule has 0 aliphatic rings. The average molecular weight is 258 g/mol. The number of aliphatic hydroxyl groups is 1. The molecule has 0 saturated heterocycles. The molecule has 0 heterocycles. The van der Waals surface area contributed by atoms with Crippen molar-refractivity contribution in [2.75, 3.05) is 6.61 Å². The van der Waals surface area contributed by atoms with Gasteiger partial charge in [0.15, 0.2) is 6.10 Å². The maximum absolute atomic E-state index is 13.7. The summed E-state index contributed by atoms with van der Waals surface area (Å²) in [5.74, 6) is -2.94. The normalized spacial score (nSPS) is 14.1. The van der Waals surface area contributed by atoms with Crippen LogP contribution >= 0.6 is 0 Å². The number of aliphatic hydroxyl groups excluding tert-OH is 1. The van der Waals surface area contributed by atoms with E-state index in [0.29, 0.717) is 0 Å². The lowest BCUT2D eigenvalue weighted by Crippen LogP contribution is -2.29. The predicted octanol–water partition coefficient (Wildman–Crippen LogP) is 2.30. The second-order valence-corrected chi connectivity index (χ2v) is 4.11. The zero-order valence-corrected chi connectivity index (χ0v) is 10.5. The van der Waals surface area contributed by atoms with Crippen LogP contribution in [0.2, 0.25) is 0 Å². The first kappa shape index (κ1) is 14.6. The average Bonchev–Trinajstić information content (AvgIpc) is 2.32. The fraction of sp³-hybridized carbons (Fsp3) is 0.462. The number of esters is 1. The topological polar surface area (TPSA) is 46.5 Å². The summed E-state index contributed by atoms with van der Waals surface area (Å²) in [7, 11) is 0. The molecular weight excluding hydrogens is 242 g/mol. The highest BCUT2D eigenvalue weighted by atomic mass is 19.1. The predicted molar refractivity (Wildman–Crippen MR) is 62.1 cm³/mol. The van der Waals surface area contributed by atoms with Gasteiger partial charge >= 0.3 is 5.97 Å². The number of hydrogen-bond acceptors (Lipinski definition) is 3. The highest BCUT2D eigenvalue weighted by Gasteiger charge is 2.27. The number of ether oxygens (including phenoxy) is 1. The molecule has 0 radical (unpaired) electrons. The van der Waals surface area contributed by atoms with Crippen LogP contribution in [0.15, 0.2) is 12.1 Å². The molecule has 1 rings (SSSR count). The molecule has 5 heteroatoms. The Hall–Kier alpha value is -1.49. The maximum atomic E-state index is 13.7. The molecule has 1 aromatic rings. The van der Waals surface area contributed by atoms with Gasteiger partial charge in [0.25, 0.3) is 0 Å². The van der Waals surface area contributed by atoms with Crippen molar-refractivity contribution in [1.29, 1.82) is 0 Å². The Labute approximate surface area is 104 Å². The molecule has 0 aromatic heterocycles. The van der Waals surface area contributed by atoms with Crippen molar-refractivity contribution >= 4 is 5.97 Å². The highest BCUT2D eigenvalue weighted by molar-refractivity contribution is 5.75. The van der Waals surface area contributed by atoms with Crippen molar-refractivity contribution in [2.24, 2.45) is 0 Å². The van der Waals surface area contributed by atoms with Crippen LogP contribution in [0.4, 0.5) is 8.78 Å². The number of aryl methyl sites for hydroxylation is 1. The van der Waals surface area contributed by atoms with Crippen molar-refractivity contribution in [3.63, 3.8) is 0 Å². The summed E-state index contributed by atoms with van der Waals surface area (Å²) in [6.07, 6.45) is -1.51. The second kappa shape index (κ2) is 5.91. The Kier molecular flexibility index (Phi) is 4.78. The van der Waals surface area contributed by atoms with Gasteiger partial charge in [-0.25, -0.2) is 13.6 Å². The van der Waals surface area contributed by atoms with Gasteiger partial charge in [0.05, 0.1) is 6.61 Å². The largest absolute Gasteiger partial charge is 0.464 e. The molecule has 1 aromatic carbocycles. The molecule has 2 atom stereocenters. The summed E-state index contributed by atoms with van der Waals surface area (Å²) in [5.41, 5.74) is 0.132. The molecule has 2 unspecified atom stereocenters. The van der Waals surface area contributed by atoms with E-state index in [2.05, 4.69) is 4.74 Å². The summed E-state index contributed by atoms with van der Waals surface area (Å²) < 4.78 is 31.7. The van der Waals surface area contributed by atoms with Gasteiger partial charge in [-0.05, 0) is 37.1 Å². The molecule has 100 valence electrons. The van der Waals surface area contributed by atoms with Gasteiger partial charge in [-0.1, -0.05) is 6.92 Å². The Balaban J connectivity index is 3.00. The van der Waals surface area contributed by atoms with Crippen LogP contribution in [-0.2, 0) is 9.53 Å². The molecule has 0 saturated carbocycles. The molecule has 1 N–H and O–H groups in total. The molecule has 0 amide bonds. The van der Waals surface area contributed by atoms with Crippen LogP contribution < -0.4 is 0 Å². The minimum atomic E-state index is -1.51. The standard InChI is InChI=1S/C13H16F2O3/c1-4-18-13(17)12(16)8(3)9-6-10(14)7(2)5-11(9)15/h5-6,8,12,16H,4H2,1-3H3. The summed E-state index contributed by atoms with van der Waals surface area (Å²) in [5, 5.41) is 9.69. The van der Waals surface area contributed by atoms with Gasteiger partial charge in [0.2, 0.25) is 0 Å². The third kappa shape index (κ3) is 3.04. The van der Waals surface area contributed by atoms with Gasteiger partial charge in [-0.2, -0.15) is 0 Å². The van der Waals surface area contributed by atoms with E-state index in [9.17, 15) is 18.7 Å². The fourth-order valence-corrected chi connectivity index (χ4v) is 1.61. The molecular formula is C13H16F2O3. The number of carbonyl (C=O) groups excluding carboxylic acids is 1. The third-order valence-corrected chi connectivity index (χ3v) is 2.77. The lowest BCUT2D eigenvalue weighted by atomic mass is 9.94. The van der Waals surface area contributed by atoms with Crippen LogP contribution in [-0.4, -0.2) is 23.8 Å². The van der Waals surface area contributed by atoms with Crippen LogP contribution in [0.1, 0.15) is 30.9 Å². The third-order valence-electron chi connectivity index (χ3n) is 2.77.